The molecule has 7 nitrogen and oxygen atoms in total. The van der Waals surface area contributed by atoms with Crippen molar-refractivity contribution in [3.63, 3.8) is 0 Å². The number of piperazine rings is 1. The Morgan fingerprint density at radius 2 is 1.69 bits per heavy atom. The van der Waals surface area contributed by atoms with Gasteiger partial charge in [0.05, 0.1) is 11.8 Å². The Morgan fingerprint density at radius 1 is 1.07 bits per heavy atom. The third-order valence-corrected chi connectivity index (χ3v) is 8.02. The number of nitrogens with zero attached hydrogens (tertiary/aromatic N) is 3. The minimum atomic E-state index is -3.17. The van der Waals surface area contributed by atoms with E-state index in [0.717, 1.165) is 38.3 Å². The van der Waals surface area contributed by atoms with E-state index in [1.807, 2.05) is 18.2 Å². The van der Waals surface area contributed by atoms with Crippen molar-refractivity contribution >= 4 is 15.9 Å². The monoisotopic (exact) mass is 422 g/mol. The van der Waals surface area contributed by atoms with Crippen LogP contribution in [0, 0.1) is 5.92 Å². The van der Waals surface area contributed by atoms with Crippen molar-refractivity contribution < 1.29 is 13.2 Å². The molecule has 0 spiro atoms. The van der Waals surface area contributed by atoms with E-state index in [2.05, 4.69) is 34.3 Å². The molecule has 2 aliphatic rings. The molecule has 0 aliphatic carbocycles. The summed E-state index contributed by atoms with van der Waals surface area (Å²) in [5.74, 6) is 0.0313. The largest absolute Gasteiger partial charge is 0.348 e. The molecular formula is C21H34N4O3S. The highest BCUT2D eigenvalue weighted by Crippen LogP contribution is 2.22. The minimum absolute atomic E-state index is 0.0431. The van der Waals surface area contributed by atoms with Crippen molar-refractivity contribution in [1.29, 1.82) is 0 Å². The van der Waals surface area contributed by atoms with Crippen molar-refractivity contribution in [3.05, 3.63) is 35.9 Å². The molecule has 8 heteroatoms. The molecule has 2 heterocycles. The van der Waals surface area contributed by atoms with E-state index in [1.165, 1.54) is 4.31 Å². The van der Waals surface area contributed by atoms with Gasteiger partial charge < -0.3 is 10.2 Å². The SMILES string of the molecule is CCS(=O)(=O)N1CCC(C(=O)NC(CN2CCN(C)CC2)c2ccccc2)CC1. The first-order valence-corrected chi connectivity index (χ1v) is 12.2. The smallest absolute Gasteiger partial charge is 0.223 e. The summed E-state index contributed by atoms with van der Waals surface area (Å²) in [6.45, 7) is 7.42. The molecule has 0 saturated carbocycles. The highest BCUT2D eigenvalue weighted by atomic mass is 32.2. The van der Waals surface area contributed by atoms with Gasteiger partial charge in [-0.2, -0.15) is 0 Å². The molecule has 3 rings (SSSR count). The first-order chi connectivity index (χ1) is 13.9. The van der Waals surface area contributed by atoms with Gasteiger partial charge in [0.15, 0.2) is 0 Å². The Hall–Kier alpha value is -1.48. The third-order valence-electron chi connectivity index (χ3n) is 6.14. The van der Waals surface area contributed by atoms with Gasteiger partial charge in [-0.25, -0.2) is 12.7 Å². The summed E-state index contributed by atoms with van der Waals surface area (Å²) in [5, 5.41) is 3.27. The van der Waals surface area contributed by atoms with E-state index in [-0.39, 0.29) is 23.6 Å². The van der Waals surface area contributed by atoms with Crippen LogP contribution in [0.3, 0.4) is 0 Å². The fraction of sp³-hybridized carbons (Fsp3) is 0.667. The molecule has 2 aliphatic heterocycles. The van der Waals surface area contributed by atoms with Crippen molar-refractivity contribution in [2.45, 2.75) is 25.8 Å². The minimum Gasteiger partial charge on any atom is -0.348 e. The van der Waals surface area contributed by atoms with Gasteiger partial charge in [0.1, 0.15) is 0 Å². The average molecular weight is 423 g/mol. The van der Waals surface area contributed by atoms with E-state index < -0.39 is 10.0 Å². The fourth-order valence-electron chi connectivity index (χ4n) is 4.08. The van der Waals surface area contributed by atoms with Crippen molar-refractivity contribution in [1.82, 2.24) is 19.4 Å². The third kappa shape index (κ3) is 6.01. The molecule has 1 N–H and O–H groups in total. The predicted molar refractivity (Wildman–Crippen MR) is 115 cm³/mol. The fourth-order valence-corrected chi connectivity index (χ4v) is 5.21. The molecule has 2 fully saturated rings. The Balaban J connectivity index is 1.61. The number of carbonyl (C=O) groups excluding carboxylic acids is 1. The van der Waals surface area contributed by atoms with Gasteiger partial charge in [0, 0.05) is 51.7 Å². The van der Waals surface area contributed by atoms with Crippen LogP contribution in [0.5, 0.6) is 0 Å². The molecule has 0 radical (unpaired) electrons. The van der Waals surface area contributed by atoms with Crippen LogP contribution < -0.4 is 5.32 Å². The van der Waals surface area contributed by atoms with E-state index in [9.17, 15) is 13.2 Å². The van der Waals surface area contributed by atoms with Gasteiger partial charge >= 0.3 is 0 Å². The van der Waals surface area contributed by atoms with Gasteiger partial charge in [-0.1, -0.05) is 30.3 Å². The normalized spacial score (nSPS) is 21.7. The Kier molecular flexibility index (Phi) is 7.67. The number of piperidine rings is 1. The summed E-state index contributed by atoms with van der Waals surface area (Å²) in [6, 6.07) is 10.1. The summed E-state index contributed by atoms with van der Waals surface area (Å²) >= 11 is 0. The summed E-state index contributed by atoms with van der Waals surface area (Å²) < 4.78 is 25.6. The lowest BCUT2D eigenvalue weighted by Gasteiger charge is -2.36. The molecular weight excluding hydrogens is 388 g/mol. The van der Waals surface area contributed by atoms with E-state index >= 15 is 0 Å². The lowest BCUT2D eigenvalue weighted by molar-refractivity contribution is -0.127. The lowest BCUT2D eigenvalue weighted by atomic mass is 9.96. The second-order valence-corrected chi connectivity index (χ2v) is 10.4. The van der Waals surface area contributed by atoms with Crippen molar-refractivity contribution in [3.8, 4) is 0 Å². The van der Waals surface area contributed by atoms with Crippen LogP contribution in [-0.4, -0.2) is 87.0 Å². The predicted octanol–water partition coefficient (Wildman–Crippen LogP) is 1.15. The van der Waals surface area contributed by atoms with Gasteiger partial charge in [0.2, 0.25) is 15.9 Å². The van der Waals surface area contributed by atoms with Crippen LogP contribution >= 0.6 is 0 Å². The number of amides is 1. The number of benzene rings is 1. The second kappa shape index (κ2) is 10.0. The van der Waals surface area contributed by atoms with Gasteiger partial charge in [-0.15, -0.1) is 0 Å². The maximum atomic E-state index is 13.0. The molecule has 1 unspecified atom stereocenters. The quantitative estimate of drug-likeness (QED) is 0.714. The van der Waals surface area contributed by atoms with E-state index in [4.69, 9.17) is 0 Å². The second-order valence-electron chi connectivity index (χ2n) is 8.15. The van der Waals surface area contributed by atoms with Gasteiger partial charge in [0.25, 0.3) is 0 Å². The molecule has 1 amide bonds. The average Bonchev–Trinajstić information content (AvgIpc) is 2.75. The number of likely N-dealkylation sites (N-methyl/N-ethyl adjacent to an activating group) is 1. The number of rotatable bonds is 7. The number of carbonyl (C=O) groups is 1. The van der Waals surface area contributed by atoms with E-state index in [1.54, 1.807) is 6.92 Å². The highest BCUT2D eigenvalue weighted by molar-refractivity contribution is 7.89. The Morgan fingerprint density at radius 3 is 2.28 bits per heavy atom. The maximum absolute atomic E-state index is 13.0. The van der Waals surface area contributed by atoms with Gasteiger partial charge in [-0.05, 0) is 32.4 Å². The van der Waals surface area contributed by atoms with Gasteiger partial charge in [-0.3, -0.25) is 9.69 Å². The lowest BCUT2D eigenvalue weighted by Crippen LogP contribution is -2.49. The number of hydrogen-bond acceptors (Lipinski definition) is 5. The first kappa shape index (κ1) is 22.2. The maximum Gasteiger partial charge on any atom is 0.223 e. The van der Waals surface area contributed by atoms with Crippen molar-refractivity contribution in [2.24, 2.45) is 5.92 Å². The van der Waals surface area contributed by atoms with Crippen LogP contribution in [-0.2, 0) is 14.8 Å². The van der Waals surface area contributed by atoms with Crippen molar-refractivity contribution in [2.75, 3.05) is 58.6 Å². The summed E-state index contributed by atoms with van der Waals surface area (Å²) in [7, 11) is -1.03. The molecule has 1 aromatic carbocycles. The molecule has 1 aromatic rings. The molecule has 29 heavy (non-hydrogen) atoms. The van der Waals surface area contributed by atoms with Crippen LogP contribution in [0.4, 0.5) is 0 Å². The molecule has 1 atom stereocenters. The zero-order chi connectivity index (χ0) is 20.9. The molecule has 2 saturated heterocycles. The zero-order valence-electron chi connectivity index (χ0n) is 17.6. The highest BCUT2D eigenvalue weighted by Gasteiger charge is 2.31. The van der Waals surface area contributed by atoms with Crippen LogP contribution in [0.15, 0.2) is 30.3 Å². The number of nitrogens with one attached hydrogen (secondary N) is 1. The summed E-state index contributed by atoms with van der Waals surface area (Å²) in [4.78, 5) is 17.7. The van der Waals surface area contributed by atoms with Crippen LogP contribution in [0.1, 0.15) is 31.4 Å². The standard InChI is InChI=1S/C21H34N4O3S/c1-3-29(27,28)25-11-9-19(10-12-25)21(26)22-20(18-7-5-4-6-8-18)17-24-15-13-23(2)14-16-24/h4-8,19-20H,3,9-17H2,1-2H3,(H,22,26). The molecule has 162 valence electrons. The first-order valence-electron chi connectivity index (χ1n) is 10.6. The Bertz CT molecular complexity index is 755. The number of hydrogen-bond donors (Lipinski definition) is 1. The van der Waals surface area contributed by atoms with E-state index in [0.29, 0.717) is 25.9 Å². The molecule has 0 aromatic heterocycles. The Labute approximate surface area is 175 Å². The zero-order valence-corrected chi connectivity index (χ0v) is 18.4. The number of sulfonamides is 1. The summed E-state index contributed by atoms with van der Waals surface area (Å²) in [5.41, 5.74) is 1.12. The van der Waals surface area contributed by atoms with Crippen LogP contribution in [0.25, 0.3) is 0 Å². The van der Waals surface area contributed by atoms with Crippen LogP contribution in [0.2, 0.25) is 0 Å². The molecule has 0 bridgehead atoms. The topological polar surface area (TPSA) is 73.0 Å². The summed E-state index contributed by atoms with van der Waals surface area (Å²) in [6.07, 6.45) is 1.17.